The number of nitrogens with one attached hydrogen (secondary N) is 1. The molecule has 3 nitrogen and oxygen atoms in total. The largest absolute Gasteiger partial charge is 0.297 e. The van der Waals surface area contributed by atoms with E-state index in [0.29, 0.717) is 10.0 Å². The summed E-state index contributed by atoms with van der Waals surface area (Å²) in [5, 5.41) is 5.19. The van der Waals surface area contributed by atoms with Crippen molar-refractivity contribution in [2.75, 3.05) is 5.32 Å². The predicted octanol–water partition coefficient (Wildman–Crippen LogP) is 3.53. The standard InChI is InChI=1S/C9H7BrN2OS2/c1-5-4-6(15-7(5)10)8(13)12-9-11-2-3-14-9/h2-4H,1H3,(H,11,12,13). The Balaban J connectivity index is 2.15. The van der Waals surface area contributed by atoms with Crippen LogP contribution in [0.1, 0.15) is 15.2 Å². The van der Waals surface area contributed by atoms with Crippen LogP contribution >= 0.6 is 38.6 Å². The molecular formula is C9H7BrN2OS2. The number of rotatable bonds is 2. The van der Waals surface area contributed by atoms with E-state index in [1.807, 2.05) is 18.4 Å². The number of thiazole rings is 1. The highest BCUT2D eigenvalue weighted by Gasteiger charge is 2.11. The molecule has 15 heavy (non-hydrogen) atoms. The Kier molecular flexibility index (Phi) is 3.18. The van der Waals surface area contributed by atoms with Crippen LogP contribution in [-0.4, -0.2) is 10.9 Å². The van der Waals surface area contributed by atoms with E-state index in [-0.39, 0.29) is 5.91 Å². The third-order valence-electron chi connectivity index (χ3n) is 1.73. The number of amides is 1. The summed E-state index contributed by atoms with van der Waals surface area (Å²) in [7, 11) is 0. The van der Waals surface area contributed by atoms with Crippen molar-refractivity contribution in [2.24, 2.45) is 0 Å². The molecule has 1 amide bonds. The van der Waals surface area contributed by atoms with E-state index in [9.17, 15) is 4.79 Å². The van der Waals surface area contributed by atoms with Gasteiger partial charge in [0.15, 0.2) is 5.13 Å². The smallest absolute Gasteiger partial charge is 0.267 e. The normalized spacial score (nSPS) is 10.3. The molecule has 2 aromatic rings. The lowest BCUT2D eigenvalue weighted by molar-refractivity contribution is 0.103. The predicted molar refractivity (Wildman–Crippen MR) is 66.8 cm³/mol. The van der Waals surface area contributed by atoms with Crippen molar-refractivity contribution < 1.29 is 4.79 Å². The van der Waals surface area contributed by atoms with Crippen molar-refractivity contribution in [1.82, 2.24) is 4.98 Å². The van der Waals surface area contributed by atoms with Crippen LogP contribution in [0, 0.1) is 6.92 Å². The van der Waals surface area contributed by atoms with Gasteiger partial charge in [0.05, 0.1) is 8.66 Å². The minimum atomic E-state index is -0.108. The number of hydrogen-bond donors (Lipinski definition) is 1. The number of thiophene rings is 1. The van der Waals surface area contributed by atoms with Crippen LogP contribution < -0.4 is 5.32 Å². The topological polar surface area (TPSA) is 42.0 Å². The van der Waals surface area contributed by atoms with Crippen LogP contribution in [0.25, 0.3) is 0 Å². The van der Waals surface area contributed by atoms with Gasteiger partial charge in [0, 0.05) is 11.6 Å². The Hall–Kier alpha value is -0.720. The molecule has 0 radical (unpaired) electrons. The summed E-state index contributed by atoms with van der Waals surface area (Å²) in [5.74, 6) is -0.108. The molecule has 0 atom stereocenters. The Bertz CT molecular complexity index is 459. The minimum Gasteiger partial charge on any atom is -0.297 e. The van der Waals surface area contributed by atoms with Crippen molar-refractivity contribution in [3.05, 3.63) is 31.9 Å². The van der Waals surface area contributed by atoms with Gasteiger partial charge in [-0.15, -0.1) is 22.7 Å². The van der Waals surface area contributed by atoms with Gasteiger partial charge < -0.3 is 0 Å². The van der Waals surface area contributed by atoms with Crippen molar-refractivity contribution in [2.45, 2.75) is 6.92 Å². The first-order valence-electron chi connectivity index (χ1n) is 4.13. The molecule has 0 aliphatic carbocycles. The molecule has 0 fully saturated rings. The van der Waals surface area contributed by atoms with Gasteiger partial charge in [0.2, 0.25) is 0 Å². The van der Waals surface area contributed by atoms with E-state index in [1.165, 1.54) is 22.7 Å². The van der Waals surface area contributed by atoms with Gasteiger partial charge >= 0.3 is 0 Å². The average Bonchev–Trinajstić information content (AvgIpc) is 2.78. The maximum absolute atomic E-state index is 11.7. The molecule has 2 rings (SSSR count). The van der Waals surface area contributed by atoms with E-state index in [2.05, 4.69) is 26.2 Å². The van der Waals surface area contributed by atoms with Crippen LogP contribution in [0.15, 0.2) is 21.4 Å². The molecular weight excluding hydrogens is 296 g/mol. The summed E-state index contributed by atoms with van der Waals surface area (Å²) in [5.41, 5.74) is 1.07. The zero-order valence-electron chi connectivity index (χ0n) is 7.78. The van der Waals surface area contributed by atoms with Crippen molar-refractivity contribution in [1.29, 1.82) is 0 Å². The van der Waals surface area contributed by atoms with E-state index in [1.54, 1.807) is 6.20 Å². The van der Waals surface area contributed by atoms with E-state index in [0.717, 1.165) is 9.35 Å². The lowest BCUT2D eigenvalue weighted by Crippen LogP contribution is -2.09. The van der Waals surface area contributed by atoms with Crippen LogP contribution in [0.2, 0.25) is 0 Å². The molecule has 0 saturated heterocycles. The first-order chi connectivity index (χ1) is 7.16. The zero-order valence-corrected chi connectivity index (χ0v) is 11.0. The van der Waals surface area contributed by atoms with Crippen LogP contribution in [-0.2, 0) is 0 Å². The molecule has 0 bridgehead atoms. The van der Waals surface area contributed by atoms with E-state index < -0.39 is 0 Å². The summed E-state index contributed by atoms with van der Waals surface area (Å²) in [6.45, 7) is 1.96. The van der Waals surface area contributed by atoms with Gasteiger partial charge in [-0.25, -0.2) is 4.98 Å². The molecule has 0 unspecified atom stereocenters. The third kappa shape index (κ3) is 2.45. The molecule has 0 saturated carbocycles. The summed E-state index contributed by atoms with van der Waals surface area (Å²) in [4.78, 5) is 16.4. The monoisotopic (exact) mass is 302 g/mol. The molecule has 1 N–H and O–H groups in total. The fourth-order valence-corrected chi connectivity index (χ4v) is 2.97. The number of aryl methyl sites for hydroxylation is 1. The van der Waals surface area contributed by atoms with Gasteiger partial charge in [-0.05, 0) is 34.5 Å². The van der Waals surface area contributed by atoms with Crippen molar-refractivity contribution in [3.63, 3.8) is 0 Å². The van der Waals surface area contributed by atoms with Gasteiger partial charge in [0.25, 0.3) is 5.91 Å². The number of carbonyl (C=O) groups is 1. The summed E-state index contributed by atoms with van der Waals surface area (Å²) < 4.78 is 0.992. The van der Waals surface area contributed by atoms with Gasteiger partial charge in [0.1, 0.15) is 0 Å². The Morgan fingerprint density at radius 1 is 1.60 bits per heavy atom. The first-order valence-corrected chi connectivity index (χ1v) is 6.62. The number of hydrogen-bond acceptors (Lipinski definition) is 4. The van der Waals surface area contributed by atoms with Crippen molar-refractivity contribution in [3.8, 4) is 0 Å². The second-order valence-electron chi connectivity index (χ2n) is 2.86. The lowest BCUT2D eigenvalue weighted by atomic mass is 10.3. The Morgan fingerprint density at radius 2 is 2.40 bits per heavy atom. The summed E-state index contributed by atoms with van der Waals surface area (Å²) >= 11 is 6.22. The molecule has 0 aliphatic heterocycles. The highest BCUT2D eigenvalue weighted by Crippen LogP contribution is 2.27. The molecule has 2 aromatic heterocycles. The van der Waals surface area contributed by atoms with E-state index in [4.69, 9.17) is 0 Å². The molecule has 0 aliphatic rings. The Labute approximate surface area is 103 Å². The number of aromatic nitrogens is 1. The van der Waals surface area contributed by atoms with Gasteiger partial charge in [-0.3, -0.25) is 10.1 Å². The Morgan fingerprint density at radius 3 is 2.93 bits per heavy atom. The highest BCUT2D eigenvalue weighted by molar-refractivity contribution is 9.11. The fraction of sp³-hybridized carbons (Fsp3) is 0.111. The molecule has 6 heteroatoms. The number of nitrogens with zero attached hydrogens (tertiary/aromatic N) is 1. The minimum absolute atomic E-state index is 0.108. The van der Waals surface area contributed by atoms with Gasteiger partial charge in [-0.1, -0.05) is 0 Å². The van der Waals surface area contributed by atoms with E-state index >= 15 is 0 Å². The average molecular weight is 303 g/mol. The quantitative estimate of drug-likeness (QED) is 0.922. The van der Waals surface area contributed by atoms with Crippen molar-refractivity contribution >= 4 is 49.6 Å². The molecule has 0 spiro atoms. The first kappa shape index (κ1) is 10.8. The second kappa shape index (κ2) is 4.42. The van der Waals surface area contributed by atoms with Crippen LogP contribution in [0.5, 0.6) is 0 Å². The van der Waals surface area contributed by atoms with Gasteiger partial charge in [-0.2, -0.15) is 0 Å². The maximum Gasteiger partial charge on any atom is 0.267 e. The maximum atomic E-state index is 11.7. The molecule has 2 heterocycles. The second-order valence-corrected chi connectivity index (χ2v) is 6.12. The fourth-order valence-electron chi connectivity index (χ4n) is 1.02. The SMILES string of the molecule is Cc1cc(C(=O)Nc2nccs2)sc1Br. The number of halogens is 1. The lowest BCUT2D eigenvalue weighted by Gasteiger charge is -1.96. The molecule has 0 aromatic carbocycles. The van der Waals surface area contributed by atoms with Crippen LogP contribution in [0.3, 0.4) is 0 Å². The summed E-state index contributed by atoms with van der Waals surface area (Å²) in [6, 6.07) is 1.86. The molecule has 78 valence electrons. The summed E-state index contributed by atoms with van der Waals surface area (Å²) in [6.07, 6.45) is 1.66. The third-order valence-corrected chi connectivity index (χ3v) is 4.56. The van der Waals surface area contributed by atoms with Crippen LogP contribution in [0.4, 0.5) is 5.13 Å². The number of anilines is 1. The number of carbonyl (C=O) groups excluding carboxylic acids is 1. The zero-order chi connectivity index (χ0) is 10.8. The highest BCUT2D eigenvalue weighted by atomic mass is 79.9.